The molecule has 1 unspecified atom stereocenters. The molecule has 3 heterocycles. The monoisotopic (exact) mass is 446 g/mol. The van der Waals surface area contributed by atoms with Crippen LogP contribution in [0.2, 0.25) is 0 Å². The van der Waals surface area contributed by atoms with Crippen LogP contribution in [-0.4, -0.2) is 65.4 Å². The number of carbonyl (C=O) groups is 1. The number of aryl methyl sites for hydroxylation is 1. The summed E-state index contributed by atoms with van der Waals surface area (Å²) in [4.78, 5) is 18.5. The molecule has 2 aliphatic rings. The highest BCUT2D eigenvalue weighted by atomic mass is 19.4. The van der Waals surface area contributed by atoms with Crippen molar-refractivity contribution in [3.63, 3.8) is 0 Å². The van der Waals surface area contributed by atoms with Crippen LogP contribution >= 0.6 is 0 Å². The van der Waals surface area contributed by atoms with Crippen LogP contribution in [0.25, 0.3) is 0 Å². The molecule has 2 aromatic rings. The van der Waals surface area contributed by atoms with E-state index in [4.69, 9.17) is 0 Å². The Morgan fingerprint density at radius 1 is 1.16 bits per heavy atom. The molecule has 0 bridgehead atoms. The Kier molecular flexibility index (Phi) is 6.43. The van der Waals surface area contributed by atoms with Gasteiger partial charge >= 0.3 is 12.2 Å². The molecule has 10 heteroatoms. The number of hydrogen-bond acceptors (Lipinski definition) is 5. The first kappa shape index (κ1) is 22.2. The lowest BCUT2D eigenvalue weighted by atomic mass is 10.0. The molecular formula is C22H25F3N6O. The van der Waals surface area contributed by atoms with Crippen LogP contribution in [-0.2, 0) is 12.7 Å². The highest BCUT2D eigenvalue weighted by Crippen LogP contribution is 2.27. The van der Waals surface area contributed by atoms with Crippen molar-refractivity contribution in [2.24, 2.45) is 5.10 Å². The zero-order valence-corrected chi connectivity index (χ0v) is 17.7. The Morgan fingerprint density at radius 3 is 2.50 bits per heavy atom. The second kappa shape index (κ2) is 9.25. The van der Waals surface area contributed by atoms with Gasteiger partial charge in [-0.05, 0) is 24.1 Å². The molecule has 4 rings (SSSR count). The van der Waals surface area contributed by atoms with Crippen LogP contribution in [0.4, 0.5) is 18.0 Å². The van der Waals surface area contributed by atoms with Crippen LogP contribution in [0.3, 0.4) is 0 Å². The van der Waals surface area contributed by atoms with Crippen molar-refractivity contribution < 1.29 is 18.0 Å². The first-order valence-corrected chi connectivity index (χ1v) is 10.5. The number of nitrogens with zero attached hydrogens (tertiary/aromatic N) is 4. The van der Waals surface area contributed by atoms with Gasteiger partial charge in [-0.3, -0.25) is 9.88 Å². The predicted octanol–water partition coefficient (Wildman–Crippen LogP) is 2.61. The highest BCUT2D eigenvalue weighted by molar-refractivity contribution is 6.06. The van der Waals surface area contributed by atoms with E-state index in [9.17, 15) is 18.0 Å². The lowest BCUT2D eigenvalue weighted by molar-refractivity contribution is -0.141. The molecule has 1 aromatic carbocycles. The maximum atomic E-state index is 12.8. The van der Waals surface area contributed by atoms with Gasteiger partial charge in [-0.25, -0.2) is 9.80 Å². The number of hydrazone groups is 1. The van der Waals surface area contributed by atoms with Crippen molar-refractivity contribution in [1.82, 2.24) is 25.5 Å². The van der Waals surface area contributed by atoms with Crippen molar-refractivity contribution in [2.75, 3.05) is 32.7 Å². The van der Waals surface area contributed by atoms with Gasteiger partial charge in [0.2, 0.25) is 0 Å². The average molecular weight is 446 g/mol. The summed E-state index contributed by atoms with van der Waals surface area (Å²) >= 11 is 0. The number of benzene rings is 1. The summed E-state index contributed by atoms with van der Waals surface area (Å²) in [6.45, 7) is 5.98. The van der Waals surface area contributed by atoms with Crippen molar-refractivity contribution in [3.8, 4) is 0 Å². The number of urea groups is 1. The molecule has 0 aliphatic carbocycles. The van der Waals surface area contributed by atoms with E-state index in [-0.39, 0.29) is 12.6 Å². The number of pyridine rings is 1. The molecule has 2 N–H and O–H groups in total. The van der Waals surface area contributed by atoms with Crippen molar-refractivity contribution in [3.05, 3.63) is 65.0 Å². The number of hydrogen-bond donors (Lipinski definition) is 2. The summed E-state index contributed by atoms with van der Waals surface area (Å²) in [6.07, 6.45) is -3.37. The summed E-state index contributed by atoms with van der Waals surface area (Å²) in [6, 6.07) is 9.87. The van der Waals surface area contributed by atoms with Crippen LogP contribution in [0.15, 0.2) is 47.7 Å². The largest absolute Gasteiger partial charge is 0.433 e. The van der Waals surface area contributed by atoms with Gasteiger partial charge in [0.05, 0.1) is 18.3 Å². The number of amides is 2. The first-order valence-electron chi connectivity index (χ1n) is 10.5. The fraction of sp³-hybridized carbons (Fsp3) is 0.409. The van der Waals surface area contributed by atoms with Gasteiger partial charge in [0.1, 0.15) is 5.69 Å². The maximum Gasteiger partial charge on any atom is 0.433 e. The summed E-state index contributed by atoms with van der Waals surface area (Å²) in [7, 11) is 0. The van der Waals surface area contributed by atoms with Gasteiger partial charge < -0.3 is 10.6 Å². The number of rotatable bonds is 4. The third-order valence-corrected chi connectivity index (χ3v) is 5.62. The standard InChI is InChI=1S/C22H25F3N6O/c1-15-2-5-17(6-3-15)20-18(30-10-8-26-9-11-30)14-31(29-20)21(32)28-13-16-4-7-19(27-12-16)22(23,24)25/h2-7,12,18,26H,8-11,13-14H2,1H3,(H,28,32). The Hall–Kier alpha value is -2.98. The summed E-state index contributed by atoms with van der Waals surface area (Å²) < 4.78 is 38.0. The molecule has 1 fully saturated rings. The SMILES string of the molecule is Cc1ccc(C2=NN(C(=O)NCc3ccc(C(F)(F)F)nc3)CC2N2CCNCC2)cc1. The third kappa shape index (κ3) is 5.08. The molecule has 7 nitrogen and oxygen atoms in total. The molecular weight excluding hydrogens is 421 g/mol. The van der Waals surface area contributed by atoms with Gasteiger partial charge in [0.15, 0.2) is 0 Å². The summed E-state index contributed by atoms with van der Waals surface area (Å²) in [5.74, 6) is 0. The third-order valence-electron chi connectivity index (χ3n) is 5.62. The molecule has 1 atom stereocenters. The fourth-order valence-corrected chi connectivity index (χ4v) is 3.84. The minimum Gasteiger partial charge on any atom is -0.332 e. The molecule has 32 heavy (non-hydrogen) atoms. The summed E-state index contributed by atoms with van der Waals surface area (Å²) in [5, 5.41) is 12.1. The topological polar surface area (TPSA) is 72.9 Å². The van der Waals surface area contributed by atoms with Crippen molar-refractivity contribution in [1.29, 1.82) is 0 Å². The van der Waals surface area contributed by atoms with E-state index < -0.39 is 17.9 Å². The lowest BCUT2D eigenvalue weighted by Gasteiger charge is -2.33. The number of halogens is 3. The van der Waals surface area contributed by atoms with Gasteiger partial charge in [-0.2, -0.15) is 18.3 Å². The van der Waals surface area contributed by atoms with Crippen LogP contribution in [0, 0.1) is 6.92 Å². The van der Waals surface area contributed by atoms with Gasteiger partial charge in [0, 0.05) is 38.9 Å². The fourth-order valence-electron chi connectivity index (χ4n) is 3.84. The van der Waals surface area contributed by atoms with E-state index in [1.165, 1.54) is 11.1 Å². The van der Waals surface area contributed by atoms with E-state index >= 15 is 0 Å². The van der Waals surface area contributed by atoms with Gasteiger partial charge in [-0.1, -0.05) is 35.9 Å². The zero-order chi connectivity index (χ0) is 22.7. The normalized spacial score (nSPS) is 19.7. The second-order valence-electron chi connectivity index (χ2n) is 7.94. The Morgan fingerprint density at radius 2 is 1.88 bits per heavy atom. The second-order valence-corrected chi connectivity index (χ2v) is 7.94. The predicted molar refractivity (Wildman–Crippen MR) is 114 cm³/mol. The number of carbonyl (C=O) groups excluding carboxylic acids is 1. The van der Waals surface area contributed by atoms with E-state index in [1.807, 2.05) is 31.2 Å². The quantitative estimate of drug-likeness (QED) is 0.758. The number of alkyl halides is 3. The molecule has 0 saturated carbocycles. The van der Waals surface area contributed by atoms with Crippen LogP contribution < -0.4 is 10.6 Å². The number of nitrogens with one attached hydrogen (secondary N) is 2. The van der Waals surface area contributed by atoms with E-state index in [0.717, 1.165) is 55.3 Å². The minimum atomic E-state index is -4.49. The zero-order valence-electron chi connectivity index (χ0n) is 17.7. The molecule has 0 spiro atoms. The highest BCUT2D eigenvalue weighted by Gasteiger charge is 2.36. The minimum absolute atomic E-state index is 0.0155. The van der Waals surface area contributed by atoms with Gasteiger partial charge in [0.25, 0.3) is 0 Å². The number of aromatic nitrogens is 1. The van der Waals surface area contributed by atoms with Crippen LogP contribution in [0.1, 0.15) is 22.4 Å². The van der Waals surface area contributed by atoms with Crippen molar-refractivity contribution >= 4 is 11.7 Å². The molecule has 170 valence electrons. The summed E-state index contributed by atoms with van der Waals surface area (Å²) in [5.41, 5.74) is 2.48. The number of piperazine rings is 1. The Labute approximate surface area is 184 Å². The van der Waals surface area contributed by atoms with E-state index in [0.29, 0.717) is 12.1 Å². The Bertz CT molecular complexity index is 969. The maximum absolute atomic E-state index is 12.8. The average Bonchev–Trinajstić information content (AvgIpc) is 3.24. The molecule has 2 aliphatic heterocycles. The van der Waals surface area contributed by atoms with Crippen molar-refractivity contribution in [2.45, 2.75) is 25.7 Å². The molecule has 2 amide bonds. The molecule has 1 saturated heterocycles. The Balaban J connectivity index is 1.46. The van der Waals surface area contributed by atoms with E-state index in [1.54, 1.807) is 0 Å². The molecule has 1 aromatic heterocycles. The first-order chi connectivity index (χ1) is 15.3. The lowest BCUT2D eigenvalue weighted by Crippen LogP contribution is -2.52. The smallest absolute Gasteiger partial charge is 0.332 e. The van der Waals surface area contributed by atoms with E-state index in [2.05, 4.69) is 25.6 Å². The molecule has 0 radical (unpaired) electrons. The van der Waals surface area contributed by atoms with Gasteiger partial charge in [-0.15, -0.1) is 0 Å². The van der Waals surface area contributed by atoms with Crippen LogP contribution in [0.5, 0.6) is 0 Å².